The number of hydrogen-bond donors (Lipinski definition) is 1. The zero-order valence-electron chi connectivity index (χ0n) is 12.5. The summed E-state index contributed by atoms with van der Waals surface area (Å²) in [6.45, 7) is 1.41. The van der Waals surface area contributed by atoms with Crippen LogP contribution in [0.2, 0.25) is 0 Å². The van der Waals surface area contributed by atoms with Gasteiger partial charge in [-0.2, -0.15) is 5.26 Å². The summed E-state index contributed by atoms with van der Waals surface area (Å²) in [6.07, 6.45) is -1.08. The van der Waals surface area contributed by atoms with Crippen molar-refractivity contribution >= 4 is 33.5 Å². The highest BCUT2D eigenvalue weighted by Crippen LogP contribution is 2.19. The number of nitrogens with zero attached hydrogens (tertiary/aromatic N) is 1. The summed E-state index contributed by atoms with van der Waals surface area (Å²) < 4.78 is 18.6. The van der Waals surface area contributed by atoms with Crippen LogP contribution in [0.3, 0.4) is 0 Å². The minimum atomic E-state index is -1.08. The summed E-state index contributed by atoms with van der Waals surface area (Å²) in [6, 6.07) is 11.8. The molecule has 1 atom stereocenters. The molecule has 0 spiro atoms. The van der Waals surface area contributed by atoms with E-state index in [9.17, 15) is 14.0 Å². The number of hydrogen-bond acceptors (Lipinski definition) is 4. The Hall–Kier alpha value is -2.72. The van der Waals surface area contributed by atoms with E-state index in [1.165, 1.54) is 19.1 Å². The van der Waals surface area contributed by atoms with Gasteiger partial charge in [-0.1, -0.05) is 0 Å². The third-order valence-corrected chi connectivity index (χ3v) is 3.77. The number of nitrogens with one attached hydrogen (secondary N) is 1. The van der Waals surface area contributed by atoms with E-state index in [2.05, 4.69) is 21.2 Å². The summed E-state index contributed by atoms with van der Waals surface area (Å²) in [5, 5.41) is 11.3. The average molecular weight is 391 g/mol. The molecule has 0 saturated carbocycles. The monoisotopic (exact) mass is 390 g/mol. The molecule has 0 aliphatic rings. The highest BCUT2D eigenvalue weighted by atomic mass is 79.9. The van der Waals surface area contributed by atoms with Crippen LogP contribution in [0.4, 0.5) is 10.1 Å². The van der Waals surface area contributed by atoms with E-state index in [0.717, 1.165) is 6.07 Å². The Morgan fingerprint density at radius 2 is 1.92 bits per heavy atom. The van der Waals surface area contributed by atoms with Gasteiger partial charge in [-0.05, 0) is 65.3 Å². The largest absolute Gasteiger partial charge is 0.449 e. The van der Waals surface area contributed by atoms with Gasteiger partial charge in [0.05, 0.1) is 17.2 Å². The van der Waals surface area contributed by atoms with Crippen LogP contribution < -0.4 is 5.32 Å². The van der Waals surface area contributed by atoms with Crippen molar-refractivity contribution in [3.63, 3.8) is 0 Å². The van der Waals surface area contributed by atoms with Crippen LogP contribution in [0.5, 0.6) is 0 Å². The van der Waals surface area contributed by atoms with Crippen LogP contribution in [-0.2, 0) is 9.53 Å². The first kappa shape index (κ1) is 17.6. The average Bonchev–Trinajstić information content (AvgIpc) is 2.57. The molecule has 2 aromatic carbocycles. The molecule has 0 bridgehead atoms. The Bertz CT molecular complexity index is 816. The van der Waals surface area contributed by atoms with E-state index in [1.54, 1.807) is 24.3 Å². The van der Waals surface area contributed by atoms with Gasteiger partial charge in [-0.25, -0.2) is 9.18 Å². The smallest absolute Gasteiger partial charge is 0.340 e. The molecule has 1 N–H and O–H groups in total. The number of rotatable bonds is 4. The van der Waals surface area contributed by atoms with E-state index in [-0.39, 0.29) is 5.56 Å². The molecule has 0 fully saturated rings. The third-order valence-electron chi connectivity index (χ3n) is 3.08. The molecule has 0 unspecified atom stereocenters. The second-order valence-electron chi connectivity index (χ2n) is 4.85. The Labute approximate surface area is 146 Å². The van der Waals surface area contributed by atoms with Crippen molar-refractivity contribution in [3.05, 3.63) is 63.9 Å². The Morgan fingerprint density at radius 3 is 2.54 bits per heavy atom. The zero-order valence-corrected chi connectivity index (χ0v) is 14.1. The van der Waals surface area contributed by atoms with Crippen molar-refractivity contribution in [2.45, 2.75) is 13.0 Å². The number of anilines is 1. The number of nitriles is 1. The minimum absolute atomic E-state index is 0.00646. The highest BCUT2D eigenvalue weighted by molar-refractivity contribution is 9.10. The summed E-state index contributed by atoms with van der Waals surface area (Å²) in [7, 11) is 0. The third kappa shape index (κ3) is 4.40. The number of carbonyl (C=O) groups is 2. The van der Waals surface area contributed by atoms with Gasteiger partial charge in [0.1, 0.15) is 5.82 Å². The van der Waals surface area contributed by atoms with Crippen LogP contribution in [0.15, 0.2) is 46.9 Å². The van der Waals surface area contributed by atoms with Gasteiger partial charge < -0.3 is 10.1 Å². The standard InChI is InChI=1S/C17H12BrFN2O3/c1-10(16(22)21-13-5-2-11(9-20)3-6-13)24-17(23)14-8-12(19)4-7-15(14)18/h2-8,10H,1H3,(H,21,22)/t10-/m0/s1. The van der Waals surface area contributed by atoms with Crippen LogP contribution in [0.1, 0.15) is 22.8 Å². The Balaban J connectivity index is 2.01. The van der Waals surface area contributed by atoms with E-state index < -0.39 is 23.8 Å². The van der Waals surface area contributed by atoms with Gasteiger partial charge in [0.15, 0.2) is 6.10 Å². The maximum Gasteiger partial charge on any atom is 0.340 e. The Kier molecular flexibility index (Phi) is 5.66. The molecule has 2 aromatic rings. The fourth-order valence-corrected chi connectivity index (χ4v) is 2.21. The molecule has 5 nitrogen and oxygen atoms in total. The molecule has 7 heteroatoms. The van der Waals surface area contributed by atoms with E-state index in [1.807, 2.05) is 6.07 Å². The summed E-state index contributed by atoms with van der Waals surface area (Å²) in [5.41, 5.74) is 0.922. The van der Waals surface area contributed by atoms with Crippen molar-refractivity contribution in [1.29, 1.82) is 5.26 Å². The van der Waals surface area contributed by atoms with Gasteiger partial charge in [-0.3, -0.25) is 4.79 Å². The van der Waals surface area contributed by atoms with Crippen LogP contribution in [0, 0.1) is 17.1 Å². The van der Waals surface area contributed by atoms with Gasteiger partial charge in [0, 0.05) is 10.2 Å². The van der Waals surface area contributed by atoms with Gasteiger partial charge in [-0.15, -0.1) is 0 Å². The number of ether oxygens (including phenoxy) is 1. The van der Waals surface area contributed by atoms with E-state index >= 15 is 0 Å². The first-order valence-electron chi connectivity index (χ1n) is 6.88. The van der Waals surface area contributed by atoms with Gasteiger partial charge in [0.2, 0.25) is 0 Å². The topological polar surface area (TPSA) is 79.2 Å². The Morgan fingerprint density at radius 1 is 1.25 bits per heavy atom. The van der Waals surface area contributed by atoms with Crippen LogP contribution in [-0.4, -0.2) is 18.0 Å². The first-order chi connectivity index (χ1) is 11.4. The van der Waals surface area contributed by atoms with Crippen molar-refractivity contribution in [2.75, 3.05) is 5.32 Å². The second-order valence-corrected chi connectivity index (χ2v) is 5.70. The van der Waals surface area contributed by atoms with Crippen LogP contribution in [0.25, 0.3) is 0 Å². The highest BCUT2D eigenvalue weighted by Gasteiger charge is 2.21. The number of carbonyl (C=O) groups excluding carboxylic acids is 2. The zero-order chi connectivity index (χ0) is 17.7. The van der Waals surface area contributed by atoms with Crippen LogP contribution >= 0.6 is 15.9 Å². The molecule has 2 rings (SSSR count). The molecule has 122 valence electrons. The molecule has 0 radical (unpaired) electrons. The fourth-order valence-electron chi connectivity index (χ4n) is 1.80. The number of halogens is 2. The lowest BCUT2D eigenvalue weighted by molar-refractivity contribution is -0.123. The lowest BCUT2D eigenvalue weighted by Gasteiger charge is -2.14. The second kappa shape index (κ2) is 7.70. The predicted octanol–water partition coefficient (Wildman–Crippen LogP) is 3.64. The molecule has 0 saturated heterocycles. The molecule has 24 heavy (non-hydrogen) atoms. The van der Waals surface area contributed by atoms with E-state index in [4.69, 9.17) is 10.00 Å². The van der Waals surface area contributed by atoms with Crippen molar-refractivity contribution in [1.82, 2.24) is 0 Å². The molecule has 1 amide bonds. The maximum absolute atomic E-state index is 13.2. The maximum atomic E-state index is 13.2. The van der Waals surface area contributed by atoms with Gasteiger partial charge in [0.25, 0.3) is 5.91 Å². The summed E-state index contributed by atoms with van der Waals surface area (Å²) in [5.74, 6) is -1.94. The SMILES string of the molecule is C[C@H](OC(=O)c1cc(F)ccc1Br)C(=O)Nc1ccc(C#N)cc1. The lowest BCUT2D eigenvalue weighted by atomic mass is 10.2. The van der Waals surface area contributed by atoms with Gasteiger partial charge >= 0.3 is 5.97 Å². The fraction of sp³-hybridized carbons (Fsp3) is 0.118. The molecular weight excluding hydrogens is 379 g/mol. The van der Waals surface area contributed by atoms with Crippen molar-refractivity contribution < 1.29 is 18.7 Å². The number of esters is 1. The molecule has 0 aliphatic carbocycles. The normalized spacial score (nSPS) is 11.2. The molecule has 0 heterocycles. The van der Waals surface area contributed by atoms with Crippen molar-refractivity contribution in [2.24, 2.45) is 0 Å². The molecule has 0 aliphatic heterocycles. The van der Waals surface area contributed by atoms with Crippen molar-refractivity contribution in [3.8, 4) is 6.07 Å². The van der Waals surface area contributed by atoms with E-state index in [0.29, 0.717) is 15.7 Å². The first-order valence-corrected chi connectivity index (χ1v) is 7.67. The summed E-state index contributed by atoms with van der Waals surface area (Å²) >= 11 is 3.13. The minimum Gasteiger partial charge on any atom is -0.449 e. The number of amides is 1. The number of benzene rings is 2. The summed E-state index contributed by atoms with van der Waals surface area (Å²) in [4.78, 5) is 24.1. The molecule has 0 aromatic heterocycles. The molecular formula is C17H12BrFN2O3. The quantitative estimate of drug-likeness (QED) is 0.808. The lowest BCUT2D eigenvalue weighted by Crippen LogP contribution is -2.30. The predicted molar refractivity (Wildman–Crippen MR) is 88.8 cm³/mol.